The Bertz CT molecular complexity index is 1010. The minimum absolute atomic E-state index is 0.0244. The van der Waals surface area contributed by atoms with E-state index in [0.29, 0.717) is 29.5 Å². The molecule has 6 nitrogen and oxygen atoms in total. The van der Waals surface area contributed by atoms with Crippen LogP contribution in [0.4, 0.5) is 0 Å². The average Bonchev–Trinajstić information content (AvgIpc) is 3.00. The average molecular weight is 395 g/mol. The Kier molecular flexibility index (Phi) is 6.52. The second-order valence-electron chi connectivity index (χ2n) is 6.16. The molecule has 0 saturated heterocycles. The summed E-state index contributed by atoms with van der Waals surface area (Å²) in [5, 5.41) is 7.63. The van der Waals surface area contributed by atoms with Gasteiger partial charge in [0.05, 0.1) is 24.0 Å². The first-order valence-corrected chi connectivity index (χ1v) is 9.29. The smallest absolute Gasteiger partial charge is 0.210 e. The van der Waals surface area contributed by atoms with Gasteiger partial charge in [-0.2, -0.15) is 5.10 Å². The number of ether oxygens (including phenoxy) is 1. The van der Waals surface area contributed by atoms with Gasteiger partial charge in [0.15, 0.2) is 5.11 Å². The molecule has 7 heteroatoms. The molecule has 0 atom stereocenters. The summed E-state index contributed by atoms with van der Waals surface area (Å²) in [6, 6.07) is 15.1. The molecular weight excluding hydrogens is 372 g/mol. The standard InChI is InChI=1S/C21H22N4O2S/c1-15-17(14-23-24-21(28)22-11-13-27-2)18-10-6-7-12-25(18)19(15)20(26)16-8-4-3-5-9-16/h3-10,12,14H,11,13H2,1-2H3,(H2,22,24,28)/b23-14-. The number of carbonyl (C=O) groups is 1. The van der Waals surface area contributed by atoms with Gasteiger partial charge < -0.3 is 14.5 Å². The summed E-state index contributed by atoms with van der Waals surface area (Å²) in [4.78, 5) is 13.1. The summed E-state index contributed by atoms with van der Waals surface area (Å²) in [5.41, 5.74) is 6.71. The highest BCUT2D eigenvalue weighted by molar-refractivity contribution is 7.80. The first-order valence-electron chi connectivity index (χ1n) is 8.88. The third-order valence-corrected chi connectivity index (χ3v) is 4.57. The Morgan fingerprint density at radius 1 is 1.21 bits per heavy atom. The fraction of sp³-hybridized carbons (Fsp3) is 0.190. The maximum atomic E-state index is 13.1. The first-order chi connectivity index (χ1) is 13.6. The van der Waals surface area contributed by atoms with Crippen molar-refractivity contribution in [2.24, 2.45) is 5.10 Å². The van der Waals surface area contributed by atoms with Gasteiger partial charge in [-0.05, 0) is 36.8 Å². The zero-order valence-corrected chi connectivity index (χ0v) is 16.6. The van der Waals surface area contributed by atoms with Crippen LogP contribution in [0.1, 0.15) is 27.2 Å². The predicted molar refractivity (Wildman–Crippen MR) is 115 cm³/mol. The molecule has 0 bridgehead atoms. The van der Waals surface area contributed by atoms with E-state index < -0.39 is 0 Å². The summed E-state index contributed by atoms with van der Waals surface area (Å²) in [6.07, 6.45) is 3.58. The van der Waals surface area contributed by atoms with Crippen LogP contribution >= 0.6 is 12.2 Å². The highest BCUT2D eigenvalue weighted by Crippen LogP contribution is 2.24. The van der Waals surface area contributed by atoms with Gasteiger partial charge in [0.2, 0.25) is 5.78 Å². The number of benzene rings is 1. The number of aromatic nitrogens is 1. The number of carbonyl (C=O) groups excluding carboxylic acids is 1. The van der Waals surface area contributed by atoms with Crippen LogP contribution in [0.3, 0.4) is 0 Å². The molecule has 0 amide bonds. The van der Waals surface area contributed by atoms with E-state index in [9.17, 15) is 4.79 Å². The summed E-state index contributed by atoms with van der Waals surface area (Å²) >= 11 is 5.17. The molecule has 144 valence electrons. The first kappa shape index (κ1) is 19.7. The molecular formula is C21H22N4O2S. The van der Waals surface area contributed by atoms with E-state index in [0.717, 1.165) is 16.6 Å². The Labute approximate surface area is 169 Å². The Hall–Kier alpha value is -3.03. The number of methoxy groups -OCH3 is 1. The normalized spacial score (nSPS) is 11.1. The van der Waals surface area contributed by atoms with E-state index in [-0.39, 0.29) is 5.78 Å². The van der Waals surface area contributed by atoms with Gasteiger partial charge in [0, 0.05) is 31.0 Å². The van der Waals surface area contributed by atoms with Crippen LogP contribution < -0.4 is 10.7 Å². The lowest BCUT2D eigenvalue weighted by Crippen LogP contribution is -2.34. The van der Waals surface area contributed by atoms with Crippen molar-refractivity contribution in [1.29, 1.82) is 0 Å². The van der Waals surface area contributed by atoms with Crippen LogP contribution in [0.25, 0.3) is 5.52 Å². The number of nitrogens with zero attached hydrogens (tertiary/aromatic N) is 2. The molecule has 0 spiro atoms. The molecule has 2 aromatic heterocycles. The van der Waals surface area contributed by atoms with Crippen LogP contribution in [-0.4, -0.2) is 41.8 Å². The van der Waals surface area contributed by atoms with Crippen molar-refractivity contribution in [3.8, 4) is 0 Å². The SMILES string of the molecule is COCCNC(=S)N/N=C\c1c(C)c(C(=O)c2ccccc2)n2ccccc12. The lowest BCUT2D eigenvalue weighted by atomic mass is 10.0. The minimum atomic E-state index is -0.0244. The van der Waals surface area contributed by atoms with Gasteiger partial charge >= 0.3 is 0 Å². The van der Waals surface area contributed by atoms with E-state index in [2.05, 4.69) is 15.8 Å². The molecule has 1 aromatic carbocycles. The van der Waals surface area contributed by atoms with E-state index in [4.69, 9.17) is 17.0 Å². The molecule has 0 saturated carbocycles. The van der Waals surface area contributed by atoms with Gasteiger partial charge in [-0.25, -0.2) is 0 Å². The Balaban J connectivity index is 1.90. The summed E-state index contributed by atoms with van der Waals surface area (Å²) in [5.74, 6) is -0.0244. The van der Waals surface area contributed by atoms with Gasteiger partial charge in [-0.3, -0.25) is 10.2 Å². The summed E-state index contributed by atoms with van der Waals surface area (Å²) in [6.45, 7) is 3.08. The van der Waals surface area contributed by atoms with Gasteiger partial charge in [-0.15, -0.1) is 0 Å². The van der Waals surface area contributed by atoms with Gasteiger partial charge in [0.1, 0.15) is 0 Å². The molecule has 2 heterocycles. The number of hydrazone groups is 1. The molecule has 2 N–H and O–H groups in total. The van der Waals surface area contributed by atoms with Gasteiger partial charge in [0.25, 0.3) is 0 Å². The van der Waals surface area contributed by atoms with Crippen molar-refractivity contribution in [2.75, 3.05) is 20.3 Å². The third-order valence-electron chi connectivity index (χ3n) is 4.34. The largest absolute Gasteiger partial charge is 0.383 e. The van der Waals surface area contributed by atoms with Crippen molar-refractivity contribution in [3.63, 3.8) is 0 Å². The lowest BCUT2D eigenvalue weighted by molar-refractivity contribution is 0.103. The molecule has 0 aliphatic rings. The number of ketones is 1. The van der Waals surface area contributed by atoms with Crippen molar-refractivity contribution in [1.82, 2.24) is 15.1 Å². The van der Waals surface area contributed by atoms with Gasteiger partial charge in [-0.1, -0.05) is 36.4 Å². The quantitative estimate of drug-likeness (QED) is 0.212. The molecule has 0 unspecified atom stereocenters. The monoisotopic (exact) mass is 394 g/mol. The van der Waals surface area contributed by atoms with E-state index in [1.807, 2.05) is 66.1 Å². The Morgan fingerprint density at radius 2 is 1.96 bits per heavy atom. The molecule has 28 heavy (non-hydrogen) atoms. The predicted octanol–water partition coefficient (Wildman–Crippen LogP) is 2.92. The second-order valence-corrected chi connectivity index (χ2v) is 6.57. The van der Waals surface area contributed by atoms with Crippen LogP contribution in [0, 0.1) is 6.92 Å². The number of pyridine rings is 1. The summed E-state index contributed by atoms with van der Waals surface area (Å²) in [7, 11) is 1.63. The van der Waals surface area contributed by atoms with E-state index >= 15 is 0 Å². The highest BCUT2D eigenvalue weighted by atomic mass is 32.1. The zero-order chi connectivity index (χ0) is 19.9. The topological polar surface area (TPSA) is 67.1 Å². The zero-order valence-electron chi connectivity index (χ0n) is 15.8. The maximum absolute atomic E-state index is 13.1. The number of fused-ring (bicyclic) bond motifs is 1. The van der Waals surface area contributed by atoms with Crippen molar-refractivity contribution in [2.45, 2.75) is 6.92 Å². The van der Waals surface area contributed by atoms with Crippen molar-refractivity contribution < 1.29 is 9.53 Å². The van der Waals surface area contributed by atoms with Crippen LogP contribution in [0.15, 0.2) is 59.8 Å². The maximum Gasteiger partial charge on any atom is 0.210 e. The highest BCUT2D eigenvalue weighted by Gasteiger charge is 2.20. The third kappa shape index (κ3) is 4.27. The van der Waals surface area contributed by atoms with Crippen LogP contribution in [-0.2, 0) is 4.74 Å². The number of thiocarbonyl (C=S) groups is 1. The second kappa shape index (κ2) is 9.25. The molecule has 3 rings (SSSR count). The summed E-state index contributed by atoms with van der Waals surface area (Å²) < 4.78 is 6.87. The number of hydrogen-bond donors (Lipinski definition) is 2. The number of hydrogen-bond acceptors (Lipinski definition) is 4. The molecule has 0 aliphatic carbocycles. The van der Waals surface area contributed by atoms with Crippen molar-refractivity contribution >= 4 is 34.8 Å². The van der Waals surface area contributed by atoms with E-state index in [1.54, 1.807) is 13.3 Å². The molecule has 0 fully saturated rings. The molecule has 0 radical (unpaired) electrons. The minimum Gasteiger partial charge on any atom is -0.383 e. The van der Waals surface area contributed by atoms with Crippen molar-refractivity contribution in [3.05, 3.63) is 77.1 Å². The van der Waals surface area contributed by atoms with E-state index in [1.165, 1.54) is 0 Å². The van der Waals surface area contributed by atoms with Crippen LogP contribution in [0.2, 0.25) is 0 Å². The van der Waals surface area contributed by atoms with Crippen LogP contribution in [0.5, 0.6) is 0 Å². The number of nitrogens with one attached hydrogen (secondary N) is 2. The molecule has 3 aromatic rings. The fourth-order valence-electron chi connectivity index (χ4n) is 2.99. The fourth-order valence-corrected chi connectivity index (χ4v) is 3.14. The Morgan fingerprint density at radius 3 is 2.71 bits per heavy atom. The lowest BCUT2D eigenvalue weighted by Gasteiger charge is -2.05. The number of rotatable bonds is 7. The molecule has 0 aliphatic heterocycles.